The van der Waals surface area contributed by atoms with Crippen LogP contribution in [0.15, 0.2) is 91.3 Å². The largest absolute Gasteiger partial charge is 0.507 e. The molecule has 0 atom stereocenters. The summed E-state index contributed by atoms with van der Waals surface area (Å²) in [4.78, 5) is 10.1. The van der Waals surface area contributed by atoms with Crippen LogP contribution < -0.4 is 5.19 Å². The molecule has 0 aliphatic rings. The lowest BCUT2D eigenvalue weighted by Crippen LogP contribution is -2.37. The van der Waals surface area contributed by atoms with Crippen molar-refractivity contribution in [2.45, 2.75) is 52.8 Å². The van der Waals surface area contributed by atoms with Gasteiger partial charge in [0.05, 0.1) is 19.5 Å². The van der Waals surface area contributed by atoms with E-state index in [4.69, 9.17) is 9.97 Å². The number of pyridine rings is 2. The van der Waals surface area contributed by atoms with Gasteiger partial charge in [0.25, 0.3) is 0 Å². The topological polar surface area (TPSA) is 50.4 Å². The van der Waals surface area contributed by atoms with Gasteiger partial charge in [-0.05, 0) is 75.8 Å². The molecule has 0 aliphatic heterocycles. The van der Waals surface area contributed by atoms with Gasteiger partial charge in [0.1, 0.15) is 11.4 Å². The van der Waals surface area contributed by atoms with Crippen LogP contribution in [0.2, 0.25) is 19.6 Å². The van der Waals surface area contributed by atoms with E-state index >= 15 is 0 Å². The Balaban J connectivity index is 1.55. The molecule has 0 saturated carbocycles. The highest BCUT2D eigenvalue weighted by Gasteiger charge is 2.24. The maximum atomic E-state index is 11.3. The van der Waals surface area contributed by atoms with Crippen molar-refractivity contribution in [1.82, 2.24) is 14.4 Å². The van der Waals surface area contributed by atoms with Crippen molar-refractivity contribution in [3.63, 3.8) is 0 Å². The minimum absolute atomic E-state index is 0.179. The van der Waals surface area contributed by atoms with E-state index in [9.17, 15) is 5.11 Å². The molecule has 0 fully saturated rings. The molecule has 5 heteroatoms. The van der Waals surface area contributed by atoms with Gasteiger partial charge in [0.15, 0.2) is 0 Å². The fourth-order valence-corrected chi connectivity index (χ4v) is 6.72. The molecule has 41 heavy (non-hydrogen) atoms. The Morgan fingerprint density at radius 1 is 0.805 bits per heavy atom. The van der Waals surface area contributed by atoms with E-state index in [0.717, 1.165) is 55.9 Å². The number of phenols is 1. The van der Waals surface area contributed by atoms with Crippen LogP contribution in [0.5, 0.6) is 5.75 Å². The molecule has 0 radical (unpaired) electrons. The lowest BCUT2D eigenvalue weighted by atomic mass is 9.85. The van der Waals surface area contributed by atoms with Crippen molar-refractivity contribution in [2.75, 3.05) is 0 Å². The van der Waals surface area contributed by atoms with Crippen molar-refractivity contribution >= 4 is 29.7 Å². The molecule has 0 bridgehead atoms. The number of aromatic hydroxyl groups is 1. The predicted molar refractivity (Wildman–Crippen MR) is 175 cm³/mol. The van der Waals surface area contributed by atoms with Gasteiger partial charge in [-0.2, -0.15) is 0 Å². The third kappa shape index (κ3) is 4.74. The van der Waals surface area contributed by atoms with Crippen LogP contribution in [0.3, 0.4) is 0 Å². The molecular formula is C36H37N3OSi. The number of hydrogen-bond donors (Lipinski definition) is 1. The monoisotopic (exact) mass is 555 g/mol. The van der Waals surface area contributed by atoms with E-state index in [0.29, 0.717) is 5.75 Å². The van der Waals surface area contributed by atoms with E-state index in [2.05, 4.69) is 119 Å². The molecule has 6 aromatic rings. The van der Waals surface area contributed by atoms with E-state index in [1.165, 1.54) is 10.6 Å². The summed E-state index contributed by atoms with van der Waals surface area (Å²) >= 11 is 0. The third-order valence-electron chi connectivity index (χ3n) is 8.07. The Morgan fingerprint density at radius 2 is 1.56 bits per heavy atom. The maximum absolute atomic E-state index is 11.3. The zero-order valence-corrected chi connectivity index (χ0v) is 25.9. The number of rotatable bonds is 4. The number of fused-ring (bicyclic) bond motifs is 2. The summed E-state index contributed by atoms with van der Waals surface area (Å²) in [5.74, 6) is 0.300. The van der Waals surface area contributed by atoms with Gasteiger partial charge >= 0.3 is 0 Å². The van der Waals surface area contributed by atoms with E-state index < -0.39 is 8.07 Å². The van der Waals surface area contributed by atoms with Crippen molar-refractivity contribution in [1.29, 1.82) is 0 Å². The summed E-state index contributed by atoms with van der Waals surface area (Å²) in [6, 6.07) is 27.6. The van der Waals surface area contributed by atoms with E-state index in [1.54, 1.807) is 0 Å². The molecule has 4 nitrogen and oxygen atoms in total. The van der Waals surface area contributed by atoms with Crippen LogP contribution in [0.4, 0.5) is 0 Å². The summed E-state index contributed by atoms with van der Waals surface area (Å²) < 4.78 is 2.13. The van der Waals surface area contributed by atoms with Crippen LogP contribution in [0.25, 0.3) is 50.1 Å². The molecular weight excluding hydrogens is 519 g/mol. The number of benzene rings is 3. The minimum Gasteiger partial charge on any atom is -0.507 e. The summed E-state index contributed by atoms with van der Waals surface area (Å²) in [7, 11) is -1.45. The molecule has 0 saturated heterocycles. The maximum Gasteiger partial charge on any atom is 0.145 e. The number of nitrogens with zero attached hydrogens (tertiary/aromatic N) is 3. The zero-order chi connectivity index (χ0) is 29.1. The molecule has 1 N–H and O–H groups in total. The molecule has 3 aromatic carbocycles. The van der Waals surface area contributed by atoms with Crippen LogP contribution >= 0.6 is 0 Å². The molecule has 0 aliphatic carbocycles. The van der Waals surface area contributed by atoms with Crippen molar-refractivity contribution < 1.29 is 5.11 Å². The first-order valence-electron chi connectivity index (χ1n) is 14.2. The molecule has 0 amide bonds. The smallest absolute Gasteiger partial charge is 0.145 e. The highest BCUT2D eigenvalue weighted by molar-refractivity contribution is 6.88. The van der Waals surface area contributed by atoms with Crippen molar-refractivity contribution in [3.05, 3.63) is 103 Å². The highest BCUT2D eigenvalue weighted by atomic mass is 28.3. The number of aryl methyl sites for hydroxylation is 1. The van der Waals surface area contributed by atoms with Gasteiger partial charge in [0, 0.05) is 34.8 Å². The van der Waals surface area contributed by atoms with Crippen molar-refractivity contribution in [2.24, 2.45) is 0 Å². The van der Waals surface area contributed by atoms with E-state index in [-0.39, 0.29) is 5.41 Å². The first kappa shape index (κ1) is 27.0. The minimum atomic E-state index is -1.45. The molecule has 0 unspecified atom stereocenters. The van der Waals surface area contributed by atoms with Crippen molar-refractivity contribution in [3.8, 4) is 39.4 Å². The average molecular weight is 556 g/mol. The predicted octanol–water partition coefficient (Wildman–Crippen LogP) is 8.74. The Morgan fingerprint density at radius 3 is 2.27 bits per heavy atom. The summed E-state index contributed by atoms with van der Waals surface area (Å²) in [6.45, 7) is 15.5. The fraction of sp³-hybridized carbons (Fsp3) is 0.222. The van der Waals surface area contributed by atoms with Crippen LogP contribution in [-0.2, 0) is 5.41 Å². The normalized spacial score (nSPS) is 12.4. The molecule has 3 heterocycles. The molecule has 206 valence electrons. The molecule has 3 aromatic heterocycles. The Kier molecular flexibility index (Phi) is 6.38. The highest BCUT2D eigenvalue weighted by Crippen LogP contribution is 2.41. The number of hydrogen-bond acceptors (Lipinski definition) is 3. The third-order valence-corrected chi connectivity index (χ3v) is 10.1. The number of para-hydroxylation sites is 1. The number of phenolic OH excluding ortho intramolecular Hbond substituents is 1. The Bertz CT molecular complexity index is 1920. The lowest BCUT2D eigenvalue weighted by molar-refractivity contribution is 0.448. The molecule has 6 rings (SSSR count). The van der Waals surface area contributed by atoms with Gasteiger partial charge in [-0.3, -0.25) is 4.98 Å². The van der Waals surface area contributed by atoms with Gasteiger partial charge < -0.3 is 9.51 Å². The quantitative estimate of drug-likeness (QED) is 0.221. The fourth-order valence-electron chi connectivity index (χ4n) is 5.68. The zero-order valence-electron chi connectivity index (χ0n) is 24.9. The van der Waals surface area contributed by atoms with Crippen LogP contribution in [-0.4, -0.2) is 27.5 Å². The molecule has 0 spiro atoms. The SMILES string of the molecule is Cc1c(-c2cccc(C(C)(C)C)c2O)nc2c(-c3cc(-c4ccc([Si](C)(C)C)cn4)c4ccccc4c3)cccn12. The van der Waals surface area contributed by atoms with Gasteiger partial charge in [-0.15, -0.1) is 0 Å². The average Bonchev–Trinajstić information content (AvgIpc) is 3.27. The summed E-state index contributed by atoms with van der Waals surface area (Å²) in [6.07, 6.45) is 4.11. The van der Waals surface area contributed by atoms with Gasteiger partial charge in [0.2, 0.25) is 0 Å². The Labute approximate surface area is 243 Å². The van der Waals surface area contributed by atoms with Crippen LogP contribution in [0, 0.1) is 6.92 Å². The van der Waals surface area contributed by atoms with Gasteiger partial charge in [-0.25, -0.2) is 4.98 Å². The number of aromatic nitrogens is 3. The summed E-state index contributed by atoms with van der Waals surface area (Å²) in [5.41, 5.74) is 8.36. The number of imidazole rings is 1. The second-order valence-electron chi connectivity index (χ2n) is 13.0. The second kappa shape index (κ2) is 9.70. The standard InChI is InChI=1S/C36H37N3OSi/c1-23-33(29-14-10-16-31(34(29)40)36(2,3)4)38-35-28(15-11-19-39(23)35)25-20-24-12-8-9-13-27(24)30(21-25)32-18-17-26(22-37-32)41(5,6)7/h8-22,40H,1-7H3. The lowest BCUT2D eigenvalue weighted by Gasteiger charge is -2.21. The van der Waals surface area contributed by atoms with E-state index in [1.807, 2.05) is 24.4 Å². The first-order chi connectivity index (χ1) is 19.4. The first-order valence-corrected chi connectivity index (χ1v) is 17.7. The van der Waals surface area contributed by atoms with Crippen LogP contribution in [0.1, 0.15) is 32.0 Å². The summed E-state index contributed by atoms with van der Waals surface area (Å²) in [5, 5.41) is 15.0. The Hall–Kier alpha value is -4.22. The second-order valence-corrected chi connectivity index (χ2v) is 18.1. The van der Waals surface area contributed by atoms with Gasteiger partial charge in [-0.1, -0.05) is 82.9 Å².